The molecule has 0 aromatic carbocycles. The number of nitrogens with zero attached hydrogens (tertiary/aromatic N) is 1. The van der Waals surface area contributed by atoms with Gasteiger partial charge in [-0.15, -0.1) is 13.1 Å². The Morgan fingerprint density at radius 2 is 2.33 bits per heavy atom. The molecule has 0 spiro atoms. The van der Waals surface area contributed by atoms with E-state index >= 15 is 0 Å². The minimum Gasteiger partial charge on any atom is -0.662 e. The standard InChI is InChI=1S/C6H10NO.K/c1-5(8)6-2-3-7-4-6;/h6H,2-4H2,1H3;/q-1;+1. The minimum absolute atomic E-state index is 0. The molecule has 3 heteroatoms. The van der Waals surface area contributed by atoms with E-state index in [1.165, 1.54) is 0 Å². The van der Waals surface area contributed by atoms with E-state index in [9.17, 15) is 4.79 Å². The Labute approximate surface area is 98.2 Å². The molecule has 1 heterocycles. The molecular formula is C6H10KNO. The molecule has 1 aliphatic heterocycles. The van der Waals surface area contributed by atoms with Gasteiger partial charge in [0.15, 0.2) is 0 Å². The molecule has 0 aliphatic carbocycles. The number of Topliss-reactive ketones (excluding diaryl/α,β-unsaturated/α-hetero) is 1. The Hall–Kier alpha value is 1.27. The topological polar surface area (TPSA) is 31.2 Å². The van der Waals surface area contributed by atoms with Crippen LogP contribution in [-0.2, 0) is 4.79 Å². The second kappa shape index (κ2) is 4.99. The van der Waals surface area contributed by atoms with E-state index in [1.807, 2.05) is 0 Å². The van der Waals surface area contributed by atoms with E-state index in [4.69, 9.17) is 0 Å². The molecule has 0 aromatic heterocycles. The summed E-state index contributed by atoms with van der Waals surface area (Å²) in [6.45, 7) is 3.31. The minimum atomic E-state index is 0. The van der Waals surface area contributed by atoms with Gasteiger partial charge in [0.25, 0.3) is 0 Å². The molecule has 1 unspecified atom stereocenters. The molecule has 1 rings (SSSR count). The van der Waals surface area contributed by atoms with E-state index < -0.39 is 0 Å². The molecule has 46 valence electrons. The van der Waals surface area contributed by atoms with Gasteiger partial charge in [-0.05, 0) is 12.8 Å². The van der Waals surface area contributed by atoms with Crippen molar-refractivity contribution in [2.45, 2.75) is 13.3 Å². The molecule has 2 nitrogen and oxygen atoms in total. The molecule has 1 aliphatic rings. The van der Waals surface area contributed by atoms with Crippen LogP contribution in [0.5, 0.6) is 0 Å². The van der Waals surface area contributed by atoms with Crippen molar-refractivity contribution >= 4 is 5.78 Å². The third kappa shape index (κ3) is 3.25. The maximum atomic E-state index is 10.6. The quantitative estimate of drug-likeness (QED) is 0.398. The maximum Gasteiger partial charge on any atom is 1.00 e. The summed E-state index contributed by atoms with van der Waals surface area (Å²) in [6.07, 6.45) is 0.981. The Morgan fingerprint density at radius 3 is 2.56 bits per heavy atom. The Morgan fingerprint density at radius 1 is 1.67 bits per heavy atom. The Bertz CT molecular complexity index is 99.2. The predicted octanol–water partition coefficient (Wildman–Crippen LogP) is -2.03. The average molecular weight is 151 g/mol. The third-order valence-corrected chi connectivity index (χ3v) is 1.56. The molecule has 9 heavy (non-hydrogen) atoms. The summed E-state index contributed by atoms with van der Waals surface area (Å²) in [5.41, 5.74) is 0. The number of hydrogen-bond acceptors (Lipinski definition) is 1. The van der Waals surface area contributed by atoms with Crippen LogP contribution in [0.4, 0.5) is 0 Å². The van der Waals surface area contributed by atoms with E-state index in [0.717, 1.165) is 19.5 Å². The van der Waals surface area contributed by atoms with Gasteiger partial charge in [-0.25, -0.2) is 0 Å². The first-order chi connectivity index (χ1) is 3.80. The van der Waals surface area contributed by atoms with Crippen LogP contribution in [-0.4, -0.2) is 18.9 Å². The molecule has 1 atom stereocenters. The fraction of sp³-hybridized carbons (Fsp3) is 0.833. The van der Waals surface area contributed by atoms with E-state index in [1.54, 1.807) is 6.92 Å². The molecule has 0 bridgehead atoms. The molecule has 0 N–H and O–H groups in total. The van der Waals surface area contributed by atoms with Crippen molar-refractivity contribution in [2.75, 3.05) is 13.1 Å². The van der Waals surface area contributed by atoms with Crippen molar-refractivity contribution in [1.82, 2.24) is 0 Å². The first-order valence-corrected chi connectivity index (χ1v) is 2.94. The van der Waals surface area contributed by atoms with Gasteiger partial charge in [-0.2, -0.15) is 0 Å². The van der Waals surface area contributed by atoms with Crippen molar-refractivity contribution in [3.05, 3.63) is 5.32 Å². The molecule has 0 amide bonds. The van der Waals surface area contributed by atoms with E-state index in [2.05, 4.69) is 5.32 Å². The Kier molecular flexibility index (Phi) is 5.69. The van der Waals surface area contributed by atoms with Crippen LogP contribution in [0, 0.1) is 5.92 Å². The normalized spacial score (nSPS) is 25.2. The van der Waals surface area contributed by atoms with Gasteiger partial charge in [-0.1, -0.05) is 6.42 Å². The largest absolute Gasteiger partial charge is 1.00 e. The SMILES string of the molecule is CC(=O)C1CC[N-]C1.[K+]. The van der Waals surface area contributed by atoms with Crippen molar-refractivity contribution in [3.8, 4) is 0 Å². The van der Waals surface area contributed by atoms with E-state index in [-0.39, 0.29) is 57.3 Å². The van der Waals surface area contributed by atoms with Crippen LogP contribution in [0.25, 0.3) is 5.32 Å². The molecule has 0 radical (unpaired) electrons. The number of rotatable bonds is 1. The number of hydrogen-bond donors (Lipinski definition) is 0. The van der Waals surface area contributed by atoms with Gasteiger partial charge in [0, 0.05) is 0 Å². The second-order valence-electron chi connectivity index (χ2n) is 2.23. The number of ketones is 1. The van der Waals surface area contributed by atoms with Crippen LogP contribution in [0.2, 0.25) is 0 Å². The molecule has 0 aromatic rings. The van der Waals surface area contributed by atoms with Crippen LogP contribution in [0.3, 0.4) is 0 Å². The molecule has 1 saturated heterocycles. The summed E-state index contributed by atoms with van der Waals surface area (Å²) in [5, 5.41) is 4.07. The van der Waals surface area contributed by atoms with Crippen molar-refractivity contribution in [2.24, 2.45) is 5.92 Å². The fourth-order valence-corrected chi connectivity index (χ4v) is 0.917. The molecule has 0 saturated carbocycles. The zero-order valence-electron chi connectivity index (χ0n) is 6.05. The van der Waals surface area contributed by atoms with Gasteiger partial charge in [0.2, 0.25) is 0 Å². The summed E-state index contributed by atoms with van der Waals surface area (Å²) in [4.78, 5) is 10.6. The predicted molar refractivity (Wildman–Crippen MR) is 31.9 cm³/mol. The van der Waals surface area contributed by atoms with Crippen molar-refractivity contribution in [1.29, 1.82) is 0 Å². The number of carbonyl (C=O) groups is 1. The monoisotopic (exact) mass is 151 g/mol. The summed E-state index contributed by atoms with van der Waals surface area (Å²) in [5.74, 6) is 0.557. The van der Waals surface area contributed by atoms with Crippen LogP contribution in [0.1, 0.15) is 13.3 Å². The van der Waals surface area contributed by atoms with Gasteiger partial charge in [0.05, 0.1) is 0 Å². The second-order valence-corrected chi connectivity index (χ2v) is 2.23. The average Bonchev–Trinajstić information content (AvgIpc) is 2.12. The number of carbonyl (C=O) groups excluding carboxylic acids is 1. The van der Waals surface area contributed by atoms with Crippen LogP contribution in [0.15, 0.2) is 0 Å². The summed E-state index contributed by atoms with van der Waals surface area (Å²) >= 11 is 0. The van der Waals surface area contributed by atoms with Gasteiger partial charge >= 0.3 is 51.4 Å². The summed E-state index contributed by atoms with van der Waals surface area (Å²) in [6, 6.07) is 0. The zero-order chi connectivity index (χ0) is 5.98. The first-order valence-electron chi connectivity index (χ1n) is 2.94. The first kappa shape index (κ1) is 10.3. The zero-order valence-corrected chi connectivity index (χ0v) is 9.18. The van der Waals surface area contributed by atoms with Crippen LogP contribution < -0.4 is 51.4 Å². The summed E-state index contributed by atoms with van der Waals surface area (Å²) < 4.78 is 0. The van der Waals surface area contributed by atoms with Crippen molar-refractivity contribution in [3.63, 3.8) is 0 Å². The molecular weight excluding hydrogens is 141 g/mol. The Balaban J connectivity index is 0.000000640. The van der Waals surface area contributed by atoms with Gasteiger partial charge < -0.3 is 5.32 Å². The smallest absolute Gasteiger partial charge is 0.662 e. The fourth-order valence-electron chi connectivity index (χ4n) is 0.917. The van der Waals surface area contributed by atoms with Crippen LogP contribution >= 0.6 is 0 Å². The third-order valence-electron chi connectivity index (χ3n) is 1.56. The summed E-state index contributed by atoms with van der Waals surface area (Å²) in [7, 11) is 0. The van der Waals surface area contributed by atoms with Gasteiger partial charge in [0.1, 0.15) is 5.78 Å². The maximum absolute atomic E-state index is 10.6. The van der Waals surface area contributed by atoms with Gasteiger partial charge in [-0.3, -0.25) is 4.79 Å². The van der Waals surface area contributed by atoms with Crippen molar-refractivity contribution < 1.29 is 56.2 Å². The van der Waals surface area contributed by atoms with E-state index in [0.29, 0.717) is 5.78 Å². The molecule has 1 fully saturated rings.